The number of likely N-dealkylation sites (N-methyl/N-ethyl adjacent to an activating group) is 1. The first kappa shape index (κ1) is 24.9. The number of hydrogen-bond donors (Lipinski definition) is 4. The van der Waals surface area contributed by atoms with Gasteiger partial charge in [0.1, 0.15) is 5.75 Å². The second-order valence-corrected chi connectivity index (χ2v) is 9.97. The maximum Gasteiger partial charge on any atom is 0.235 e. The average Bonchev–Trinajstić information content (AvgIpc) is 2.77. The van der Waals surface area contributed by atoms with Crippen LogP contribution in [-0.2, 0) is 25.6 Å². The van der Waals surface area contributed by atoms with Gasteiger partial charge >= 0.3 is 0 Å². The largest absolute Gasteiger partial charge is 0.507 e. The van der Waals surface area contributed by atoms with Crippen LogP contribution >= 0.6 is 0 Å². The number of carbonyl (C=O) groups excluding carboxylic acids is 5. The number of phenolic OH excluding ortho intramolecular Hbond substituents is 1. The topological polar surface area (TPSA) is 175 Å². The SMILES string of the molecule is C/C(=C\c1ccc(O)c2c1CC1CC3C(N(C)C)C(=O)C(C(N)=O)C(=O)C3(O)C(=O)C1C2=O)CO. The first-order valence-corrected chi connectivity index (χ1v) is 11.3. The van der Waals surface area contributed by atoms with Crippen LogP contribution in [0.2, 0.25) is 0 Å². The van der Waals surface area contributed by atoms with Crippen LogP contribution in [-0.4, -0.2) is 81.6 Å². The van der Waals surface area contributed by atoms with E-state index in [4.69, 9.17) is 5.73 Å². The van der Waals surface area contributed by atoms with Gasteiger partial charge < -0.3 is 21.1 Å². The maximum atomic E-state index is 13.7. The van der Waals surface area contributed by atoms with E-state index in [-0.39, 0.29) is 30.8 Å². The van der Waals surface area contributed by atoms with Crippen LogP contribution in [0.4, 0.5) is 0 Å². The summed E-state index contributed by atoms with van der Waals surface area (Å²) in [4.78, 5) is 67.0. The monoisotopic (exact) mass is 484 g/mol. The van der Waals surface area contributed by atoms with Crippen molar-refractivity contribution in [2.75, 3.05) is 20.7 Å². The number of fused-ring (bicyclic) bond motifs is 3. The Balaban J connectivity index is 1.88. The standard InChI is InChI=1S/C25H28N2O8/c1-10(9-28)6-11-4-5-15(29)17-13(11)7-12-8-14-19(27(2)3)21(31)18(24(26)34)23(33)25(14,35)22(32)16(12)20(17)30/h4-6,12,14,16,18-19,28-29,35H,7-9H2,1-3H3,(H2,26,34)/b10-6+. The normalized spacial score (nSPS) is 32.9. The molecule has 6 atom stereocenters. The third kappa shape index (κ3) is 3.47. The zero-order chi connectivity index (χ0) is 26.0. The quantitative estimate of drug-likeness (QED) is 0.401. The van der Waals surface area contributed by atoms with Gasteiger partial charge in [0.2, 0.25) is 5.91 Å². The molecule has 1 aromatic rings. The van der Waals surface area contributed by atoms with Gasteiger partial charge in [0.15, 0.2) is 34.7 Å². The number of aromatic hydroxyl groups is 1. The molecule has 0 spiro atoms. The van der Waals surface area contributed by atoms with Crippen molar-refractivity contribution < 1.29 is 39.3 Å². The van der Waals surface area contributed by atoms with E-state index >= 15 is 0 Å². The van der Waals surface area contributed by atoms with Crippen molar-refractivity contribution in [1.82, 2.24) is 4.90 Å². The van der Waals surface area contributed by atoms with Crippen molar-refractivity contribution in [3.63, 3.8) is 0 Å². The van der Waals surface area contributed by atoms with E-state index < -0.39 is 64.4 Å². The molecule has 35 heavy (non-hydrogen) atoms. The molecule has 2 fully saturated rings. The lowest BCUT2D eigenvalue weighted by molar-refractivity contribution is -0.181. The van der Waals surface area contributed by atoms with Gasteiger partial charge in [0.05, 0.1) is 24.1 Å². The number of Topliss-reactive ketones (excluding diaryl/α,β-unsaturated/α-hetero) is 4. The summed E-state index contributed by atoms with van der Waals surface area (Å²) < 4.78 is 0. The van der Waals surface area contributed by atoms with Crippen LogP contribution in [0.15, 0.2) is 17.7 Å². The summed E-state index contributed by atoms with van der Waals surface area (Å²) in [6, 6.07) is 1.78. The maximum absolute atomic E-state index is 13.7. The number of nitrogens with two attached hydrogens (primary N) is 1. The Morgan fingerprint density at radius 3 is 2.43 bits per heavy atom. The lowest BCUT2D eigenvalue weighted by Crippen LogP contribution is -2.74. The second-order valence-electron chi connectivity index (χ2n) is 9.97. The molecule has 1 amide bonds. The van der Waals surface area contributed by atoms with Crippen molar-refractivity contribution >= 4 is 35.1 Å². The molecule has 5 N–H and O–H groups in total. The summed E-state index contributed by atoms with van der Waals surface area (Å²) in [5, 5.41) is 31.4. The first-order valence-electron chi connectivity index (χ1n) is 11.3. The molecule has 10 nitrogen and oxygen atoms in total. The van der Waals surface area contributed by atoms with Crippen LogP contribution in [0, 0.1) is 23.7 Å². The fourth-order valence-electron chi connectivity index (χ4n) is 6.08. The van der Waals surface area contributed by atoms with Crippen molar-refractivity contribution in [3.05, 3.63) is 34.4 Å². The van der Waals surface area contributed by atoms with Crippen molar-refractivity contribution in [2.45, 2.75) is 31.4 Å². The van der Waals surface area contributed by atoms with Crippen molar-refractivity contribution in [2.24, 2.45) is 29.4 Å². The van der Waals surface area contributed by atoms with E-state index in [1.807, 2.05) is 0 Å². The summed E-state index contributed by atoms with van der Waals surface area (Å²) in [6.07, 6.45) is 1.84. The van der Waals surface area contributed by atoms with E-state index in [1.165, 1.54) is 25.1 Å². The summed E-state index contributed by atoms with van der Waals surface area (Å²) in [6.45, 7) is 1.49. The number of nitrogens with zero attached hydrogens (tertiary/aromatic N) is 1. The lowest BCUT2D eigenvalue weighted by atomic mass is 9.52. The van der Waals surface area contributed by atoms with Gasteiger partial charge in [0.25, 0.3) is 0 Å². The van der Waals surface area contributed by atoms with Gasteiger partial charge in [-0.1, -0.05) is 12.1 Å². The van der Waals surface area contributed by atoms with E-state index in [1.54, 1.807) is 19.1 Å². The molecular formula is C25H28N2O8. The lowest BCUT2D eigenvalue weighted by Gasteiger charge is -2.52. The van der Waals surface area contributed by atoms with Crippen LogP contribution in [0.3, 0.4) is 0 Å². The minimum absolute atomic E-state index is 0.0122. The predicted octanol–water partition coefficient (Wildman–Crippen LogP) is -0.737. The Labute approximate surface area is 201 Å². The highest BCUT2D eigenvalue weighted by molar-refractivity contribution is 6.32. The van der Waals surface area contributed by atoms with Gasteiger partial charge in [-0.15, -0.1) is 0 Å². The zero-order valence-corrected chi connectivity index (χ0v) is 19.6. The van der Waals surface area contributed by atoms with Crippen LogP contribution in [0.25, 0.3) is 6.08 Å². The summed E-state index contributed by atoms with van der Waals surface area (Å²) in [5.74, 6) is -10.7. The number of aliphatic hydroxyl groups excluding tert-OH is 1. The van der Waals surface area contributed by atoms with Crippen LogP contribution in [0.5, 0.6) is 5.75 Å². The molecular weight excluding hydrogens is 456 g/mol. The molecule has 0 heterocycles. The molecule has 0 saturated heterocycles. The van der Waals surface area contributed by atoms with Gasteiger partial charge in [0, 0.05) is 5.92 Å². The Bertz CT molecular complexity index is 1200. The van der Waals surface area contributed by atoms with Crippen LogP contribution < -0.4 is 5.73 Å². The van der Waals surface area contributed by atoms with Gasteiger partial charge in [-0.05, 0) is 62.5 Å². The highest BCUT2D eigenvalue weighted by atomic mass is 16.3. The van der Waals surface area contributed by atoms with Crippen LogP contribution in [0.1, 0.15) is 34.8 Å². The van der Waals surface area contributed by atoms with E-state index in [0.717, 1.165) is 0 Å². The first-order chi connectivity index (χ1) is 16.4. The van der Waals surface area contributed by atoms with Gasteiger partial charge in [-0.2, -0.15) is 0 Å². The molecule has 3 aliphatic rings. The molecule has 0 radical (unpaired) electrons. The Kier molecular flexibility index (Phi) is 6.03. The van der Waals surface area contributed by atoms with Gasteiger partial charge in [-0.25, -0.2) is 0 Å². The fourth-order valence-corrected chi connectivity index (χ4v) is 6.08. The number of amides is 1. The highest BCUT2D eigenvalue weighted by Crippen LogP contribution is 2.51. The number of aliphatic hydroxyl groups is 2. The number of hydrogen-bond acceptors (Lipinski definition) is 9. The Hall–Kier alpha value is -3.21. The number of carbonyl (C=O) groups is 5. The van der Waals surface area contributed by atoms with Gasteiger partial charge in [-0.3, -0.25) is 28.9 Å². The smallest absolute Gasteiger partial charge is 0.235 e. The third-order valence-electron chi connectivity index (χ3n) is 7.63. The molecule has 0 bridgehead atoms. The van der Waals surface area contributed by atoms with Crippen molar-refractivity contribution in [1.29, 1.82) is 0 Å². The summed E-state index contributed by atoms with van der Waals surface area (Å²) >= 11 is 0. The number of benzene rings is 1. The molecule has 4 rings (SSSR count). The highest BCUT2D eigenvalue weighted by Gasteiger charge is 2.69. The molecule has 10 heteroatoms. The molecule has 2 saturated carbocycles. The molecule has 3 aliphatic carbocycles. The number of primary amides is 1. The number of ketones is 4. The summed E-state index contributed by atoms with van der Waals surface area (Å²) in [7, 11) is 3.07. The fraction of sp³-hybridized carbons (Fsp3) is 0.480. The molecule has 0 aromatic heterocycles. The van der Waals surface area contributed by atoms with E-state index in [9.17, 15) is 39.3 Å². The minimum Gasteiger partial charge on any atom is -0.507 e. The molecule has 186 valence electrons. The average molecular weight is 485 g/mol. The molecule has 0 aliphatic heterocycles. The predicted molar refractivity (Wildman–Crippen MR) is 122 cm³/mol. The van der Waals surface area contributed by atoms with E-state index in [0.29, 0.717) is 16.7 Å². The third-order valence-corrected chi connectivity index (χ3v) is 7.63. The minimum atomic E-state index is -2.74. The molecule has 6 unspecified atom stereocenters. The zero-order valence-electron chi connectivity index (χ0n) is 19.6. The molecule has 1 aromatic carbocycles. The van der Waals surface area contributed by atoms with Crippen molar-refractivity contribution in [3.8, 4) is 5.75 Å². The second kappa shape index (κ2) is 8.47. The Morgan fingerprint density at radius 2 is 1.86 bits per heavy atom. The Morgan fingerprint density at radius 1 is 1.20 bits per heavy atom. The van der Waals surface area contributed by atoms with E-state index in [2.05, 4.69) is 0 Å². The number of rotatable bonds is 4. The number of phenols is 1. The summed E-state index contributed by atoms with van der Waals surface area (Å²) in [5.41, 5.74) is 4.20.